The van der Waals surface area contributed by atoms with Crippen LogP contribution >= 0.6 is 0 Å². The fourth-order valence-corrected chi connectivity index (χ4v) is 4.99. The first kappa shape index (κ1) is 30.4. The quantitative estimate of drug-likeness (QED) is 0.154. The molecule has 0 aliphatic heterocycles. The van der Waals surface area contributed by atoms with Gasteiger partial charge in [-0.15, -0.1) is 0 Å². The molecule has 0 amide bonds. The molecule has 0 spiro atoms. The van der Waals surface area contributed by atoms with Gasteiger partial charge in [0.2, 0.25) is 0 Å². The number of carboxylic acid groups (broad SMARTS) is 1. The minimum atomic E-state index is -1.04. The predicted molar refractivity (Wildman–Crippen MR) is 179 cm³/mol. The van der Waals surface area contributed by atoms with E-state index in [-0.39, 0.29) is 5.56 Å². The van der Waals surface area contributed by atoms with Crippen LogP contribution in [0.15, 0.2) is 73.3 Å². The van der Waals surface area contributed by atoms with Crippen LogP contribution in [0.2, 0.25) is 0 Å². The number of aromatic nitrogens is 9. The van der Waals surface area contributed by atoms with Crippen molar-refractivity contribution in [3.63, 3.8) is 0 Å². The largest absolute Gasteiger partial charge is 0.495 e. The second-order valence-electron chi connectivity index (χ2n) is 10.1. The summed E-state index contributed by atoms with van der Waals surface area (Å²) in [5.74, 6) is 1.29. The summed E-state index contributed by atoms with van der Waals surface area (Å²) in [6.07, 6.45) is 14.6. The smallest absolute Gasteiger partial charge is 0.339 e. The van der Waals surface area contributed by atoms with E-state index < -0.39 is 5.97 Å². The van der Waals surface area contributed by atoms with Crippen LogP contribution in [0.3, 0.4) is 0 Å². The number of aryl methyl sites for hydroxylation is 1. The maximum Gasteiger partial charge on any atom is 0.339 e. The highest BCUT2D eigenvalue weighted by atomic mass is 16.5. The number of H-pyrrole nitrogens is 3. The lowest BCUT2D eigenvalue weighted by molar-refractivity contribution is 0.0693. The van der Waals surface area contributed by atoms with Crippen LogP contribution in [0.25, 0.3) is 57.5 Å². The number of nitrogens with one attached hydrogen (secondary N) is 3. The van der Waals surface area contributed by atoms with Crippen molar-refractivity contribution in [1.82, 2.24) is 45.5 Å². The standard InChI is InChI=1S/C18H16N6O.C16H13N3O3/c1-11-20-18(24-21-11)13-6-8-15-16(17(13)25-2)14(22-23-15)7-5-12-4-3-9-19-10-12;1-22-15-11(16(20)21)5-7-13-14(15)12(18-19-13)6-4-10-3-2-8-17-9-10/h3-10H,1-2H3,(H,22,23)(H,20,21,24);2-9H,1H3,(H,18,19)(H,20,21)/b7-5+;6-4+. The number of carbonyl (C=O) groups is 1. The highest BCUT2D eigenvalue weighted by Crippen LogP contribution is 2.37. The molecule has 7 aromatic rings. The topological polar surface area (TPSA) is 180 Å². The molecule has 0 atom stereocenters. The summed E-state index contributed by atoms with van der Waals surface area (Å²) >= 11 is 0. The molecule has 0 radical (unpaired) electrons. The first-order valence-corrected chi connectivity index (χ1v) is 14.4. The Morgan fingerprint density at radius 1 is 0.766 bits per heavy atom. The number of aromatic amines is 3. The number of fused-ring (bicyclic) bond motifs is 2. The lowest BCUT2D eigenvalue weighted by atomic mass is 10.1. The van der Waals surface area contributed by atoms with Gasteiger partial charge in [-0.05, 0) is 66.6 Å². The van der Waals surface area contributed by atoms with Crippen molar-refractivity contribution in [2.45, 2.75) is 6.92 Å². The summed E-state index contributed by atoms with van der Waals surface area (Å²) < 4.78 is 11.0. The third-order valence-corrected chi connectivity index (χ3v) is 7.13. The SMILES string of the molecule is COc1c(-c2n[nH]c(C)n2)ccc2[nH]nc(/C=C/c3cccnc3)c12.COc1c(C(=O)O)ccc2n[nH]c(/C=C/c3cccnc3)c12. The Balaban J connectivity index is 0.000000166. The molecule has 5 heterocycles. The number of ether oxygens (including phenoxy) is 2. The first-order valence-electron chi connectivity index (χ1n) is 14.4. The number of hydrogen-bond acceptors (Lipinski definition) is 9. The maximum absolute atomic E-state index is 11.3. The van der Waals surface area contributed by atoms with Crippen LogP contribution in [-0.4, -0.2) is 70.8 Å². The van der Waals surface area contributed by atoms with Crippen molar-refractivity contribution in [3.8, 4) is 22.9 Å². The number of pyridine rings is 2. The summed E-state index contributed by atoms with van der Waals surface area (Å²) in [7, 11) is 3.09. The van der Waals surface area contributed by atoms with Crippen LogP contribution in [0.4, 0.5) is 0 Å². The van der Waals surface area contributed by atoms with Gasteiger partial charge in [0.15, 0.2) is 5.82 Å². The molecule has 0 unspecified atom stereocenters. The van der Waals surface area contributed by atoms with Gasteiger partial charge < -0.3 is 14.6 Å². The molecule has 47 heavy (non-hydrogen) atoms. The molecule has 0 aliphatic carbocycles. The van der Waals surface area contributed by atoms with Crippen molar-refractivity contribution in [2.75, 3.05) is 14.2 Å². The van der Waals surface area contributed by atoms with E-state index in [2.05, 4.69) is 45.5 Å². The van der Waals surface area contributed by atoms with Crippen molar-refractivity contribution in [2.24, 2.45) is 0 Å². The Morgan fingerprint density at radius 2 is 1.49 bits per heavy atom. The van der Waals surface area contributed by atoms with Gasteiger partial charge >= 0.3 is 5.97 Å². The Bertz CT molecular complexity index is 2220. The van der Waals surface area contributed by atoms with Gasteiger partial charge in [0.25, 0.3) is 0 Å². The molecule has 0 bridgehead atoms. The molecule has 0 aliphatic rings. The zero-order chi connectivity index (χ0) is 32.8. The number of carboxylic acids is 1. The highest BCUT2D eigenvalue weighted by Gasteiger charge is 2.19. The number of methoxy groups -OCH3 is 2. The van der Waals surface area contributed by atoms with Gasteiger partial charge in [-0.1, -0.05) is 24.3 Å². The van der Waals surface area contributed by atoms with Crippen molar-refractivity contribution < 1.29 is 19.4 Å². The zero-order valence-corrected chi connectivity index (χ0v) is 25.6. The Labute approximate surface area is 268 Å². The molecular weight excluding hydrogens is 598 g/mol. The number of aromatic carboxylic acids is 1. The minimum absolute atomic E-state index is 0.104. The zero-order valence-electron chi connectivity index (χ0n) is 25.6. The lowest BCUT2D eigenvalue weighted by Gasteiger charge is -2.07. The molecule has 7 rings (SSSR count). The van der Waals surface area contributed by atoms with E-state index in [4.69, 9.17) is 9.47 Å². The third kappa shape index (κ3) is 6.44. The van der Waals surface area contributed by atoms with Crippen molar-refractivity contribution in [1.29, 1.82) is 0 Å². The lowest BCUT2D eigenvalue weighted by Crippen LogP contribution is -2.00. The summed E-state index contributed by atoms with van der Waals surface area (Å²) in [4.78, 5) is 23.9. The van der Waals surface area contributed by atoms with E-state index >= 15 is 0 Å². The fraction of sp³-hybridized carbons (Fsp3) is 0.0882. The van der Waals surface area contributed by atoms with Crippen LogP contribution < -0.4 is 9.47 Å². The van der Waals surface area contributed by atoms with Gasteiger partial charge in [0, 0.05) is 24.8 Å². The Kier molecular flexibility index (Phi) is 8.77. The number of rotatable bonds is 8. The Morgan fingerprint density at radius 3 is 2.11 bits per heavy atom. The van der Waals surface area contributed by atoms with E-state index in [1.165, 1.54) is 13.2 Å². The molecule has 2 aromatic carbocycles. The number of benzene rings is 2. The van der Waals surface area contributed by atoms with Crippen molar-refractivity contribution >= 4 is 52.1 Å². The Hall–Kier alpha value is -6.63. The molecule has 13 heteroatoms. The average molecular weight is 628 g/mol. The summed E-state index contributed by atoms with van der Waals surface area (Å²) in [6.45, 7) is 1.86. The van der Waals surface area contributed by atoms with E-state index in [1.807, 2.05) is 67.6 Å². The average Bonchev–Trinajstić information content (AvgIpc) is 3.85. The summed E-state index contributed by atoms with van der Waals surface area (Å²) in [5.41, 5.74) is 5.84. The number of nitrogens with zero attached hydrogens (tertiary/aromatic N) is 6. The van der Waals surface area contributed by atoms with E-state index in [0.717, 1.165) is 39.1 Å². The monoisotopic (exact) mass is 627 g/mol. The molecule has 0 saturated heterocycles. The van der Waals surface area contributed by atoms with Gasteiger partial charge in [-0.25, -0.2) is 9.78 Å². The van der Waals surface area contributed by atoms with Gasteiger partial charge in [0.05, 0.1) is 53.0 Å². The molecule has 0 fully saturated rings. The number of hydrogen-bond donors (Lipinski definition) is 4. The maximum atomic E-state index is 11.3. The second kappa shape index (κ2) is 13.6. The van der Waals surface area contributed by atoms with Crippen LogP contribution in [-0.2, 0) is 0 Å². The normalized spacial score (nSPS) is 11.3. The first-order chi connectivity index (χ1) is 23.0. The molecule has 0 saturated carbocycles. The predicted octanol–water partition coefficient (Wildman–Crippen LogP) is 6.07. The van der Waals surface area contributed by atoms with E-state index in [9.17, 15) is 9.90 Å². The van der Waals surface area contributed by atoms with E-state index in [1.54, 1.807) is 38.0 Å². The minimum Gasteiger partial charge on any atom is -0.495 e. The second-order valence-corrected chi connectivity index (χ2v) is 10.1. The van der Waals surface area contributed by atoms with Crippen molar-refractivity contribution in [3.05, 3.63) is 107 Å². The third-order valence-electron chi connectivity index (χ3n) is 7.13. The molecular formula is C34H29N9O4. The highest BCUT2D eigenvalue weighted by molar-refractivity contribution is 6.03. The molecule has 5 aromatic heterocycles. The van der Waals surface area contributed by atoms with Gasteiger partial charge in [-0.2, -0.15) is 15.3 Å². The van der Waals surface area contributed by atoms with Crippen LogP contribution in [0.5, 0.6) is 11.5 Å². The fourth-order valence-electron chi connectivity index (χ4n) is 4.99. The van der Waals surface area contributed by atoms with Gasteiger partial charge in [0.1, 0.15) is 22.9 Å². The van der Waals surface area contributed by atoms with Crippen LogP contribution in [0.1, 0.15) is 38.7 Å². The summed E-state index contributed by atoms with van der Waals surface area (Å²) in [5, 5.41) is 32.4. The van der Waals surface area contributed by atoms with Crippen LogP contribution in [0, 0.1) is 6.92 Å². The molecule has 13 nitrogen and oxygen atoms in total. The molecule has 234 valence electrons. The molecule has 4 N–H and O–H groups in total. The van der Waals surface area contributed by atoms with Gasteiger partial charge in [-0.3, -0.25) is 25.3 Å². The summed E-state index contributed by atoms with van der Waals surface area (Å²) in [6, 6.07) is 14.7. The van der Waals surface area contributed by atoms with E-state index in [0.29, 0.717) is 33.9 Å².